The second-order valence-electron chi connectivity index (χ2n) is 7.44. The van der Waals surface area contributed by atoms with E-state index in [1.54, 1.807) is 7.11 Å². The molecule has 120 valence electrons. The zero-order valence-corrected chi connectivity index (χ0v) is 13.6. The largest absolute Gasteiger partial charge is 0.383 e. The van der Waals surface area contributed by atoms with Gasteiger partial charge >= 0.3 is 0 Å². The van der Waals surface area contributed by atoms with Crippen LogP contribution in [0, 0.1) is 11.8 Å². The van der Waals surface area contributed by atoms with E-state index in [9.17, 15) is 4.79 Å². The van der Waals surface area contributed by atoms with Crippen LogP contribution in [0.3, 0.4) is 0 Å². The first-order chi connectivity index (χ1) is 10.1. The number of likely N-dealkylation sites (tertiary alicyclic amines) is 2. The van der Waals surface area contributed by atoms with Crippen molar-refractivity contribution in [3.63, 3.8) is 0 Å². The lowest BCUT2D eigenvalue weighted by Gasteiger charge is -2.47. The Bertz CT molecular complexity index is 381. The van der Waals surface area contributed by atoms with Gasteiger partial charge in [0.2, 0.25) is 5.91 Å². The standard InChI is InChI=1S/C17H30N2O2/c1-14-11-15(12-14)16(20)18-7-3-5-17(13-18)6-4-8-19(17)9-10-21-2/h14-15H,3-13H2,1-2H3. The van der Waals surface area contributed by atoms with Gasteiger partial charge in [-0.1, -0.05) is 6.92 Å². The summed E-state index contributed by atoms with van der Waals surface area (Å²) in [4.78, 5) is 17.5. The molecular formula is C17H30N2O2. The Labute approximate surface area is 128 Å². The third kappa shape index (κ3) is 2.98. The molecule has 1 aliphatic carbocycles. The van der Waals surface area contributed by atoms with E-state index in [4.69, 9.17) is 4.74 Å². The highest BCUT2D eigenvalue weighted by molar-refractivity contribution is 5.80. The van der Waals surface area contributed by atoms with Crippen molar-refractivity contribution in [1.29, 1.82) is 0 Å². The number of rotatable bonds is 4. The van der Waals surface area contributed by atoms with Gasteiger partial charge in [0, 0.05) is 38.2 Å². The highest BCUT2D eigenvalue weighted by Gasteiger charge is 2.46. The van der Waals surface area contributed by atoms with Gasteiger partial charge in [0.05, 0.1) is 6.61 Å². The van der Waals surface area contributed by atoms with Crippen LogP contribution in [-0.2, 0) is 9.53 Å². The zero-order valence-electron chi connectivity index (χ0n) is 13.6. The van der Waals surface area contributed by atoms with Crippen molar-refractivity contribution in [2.75, 3.05) is 39.9 Å². The molecule has 3 rings (SSSR count). The van der Waals surface area contributed by atoms with Crippen LogP contribution in [0.5, 0.6) is 0 Å². The van der Waals surface area contributed by atoms with Crippen molar-refractivity contribution in [2.45, 2.75) is 51.0 Å². The van der Waals surface area contributed by atoms with Crippen LogP contribution in [0.4, 0.5) is 0 Å². The number of hydrogen-bond acceptors (Lipinski definition) is 3. The normalized spacial score (nSPS) is 37.0. The number of nitrogens with zero attached hydrogens (tertiary/aromatic N) is 2. The molecule has 1 unspecified atom stereocenters. The lowest BCUT2D eigenvalue weighted by atomic mass is 9.74. The predicted molar refractivity (Wildman–Crippen MR) is 83.1 cm³/mol. The highest BCUT2D eigenvalue weighted by atomic mass is 16.5. The third-order valence-corrected chi connectivity index (χ3v) is 5.90. The molecule has 2 heterocycles. The molecule has 0 N–H and O–H groups in total. The van der Waals surface area contributed by atoms with Crippen molar-refractivity contribution in [2.24, 2.45) is 11.8 Å². The van der Waals surface area contributed by atoms with Gasteiger partial charge < -0.3 is 9.64 Å². The van der Waals surface area contributed by atoms with Gasteiger partial charge in [-0.15, -0.1) is 0 Å². The van der Waals surface area contributed by atoms with Crippen LogP contribution in [-0.4, -0.2) is 61.1 Å². The number of piperidine rings is 1. The van der Waals surface area contributed by atoms with Gasteiger partial charge in [0.25, 0.3) is 0 Å². The fraction of sp³-hybridized carbons (Fsp3) is 0.941. The fourth-order valence-electron chi connectivity index (χ4n) is 4.67. The van der Waals surface area contributed by atoms with Crippen LogP contribution in [0.15, 0.2) is 0 Å². The molecule has 1 saturated carbocycles. The van der Waals surface area contributed by atoms with Gasteiger partial charge in [0.1, 0.15) is 0 Å². The number of hydrogen-bond donors (Lipinski definition) is 0. The maximum atomic E-state index is 12.7. The summed E-state index contributed by atoms with van der Waals surface area (Å²) in [5.74, 6) is 1.51. The zero-order chi connectivity index (χ0) is 14.9. The Hall–Kier alpha value is -0.610. The summed E-state index contributed by atoms with van der Waals surface area (Å²) in [5.41, 5.74) is 0.252. The number of carbonyl (C=O) groups is 1. The van der Waals surface area contributed by atoms with Crippen molar-refractivity contribution in [3.8, 4) is 0 Å². The molecule has 1 atom stereocenters. The van der Waals surface area contributed by atoms with E-state index in [2.05, 4.69) is 16.7 Å². The lowest BCUT2D eigenvalue weighted by Crippen LogP contribution is -2.58. The van der Waals surface area contributed by atoms with E-state index in [1.807, 2.05) is 0 Å². The highest BCUT2D eigenvalue weighted by Crippen LogP contribution is 2.39. The Morgan fingerprint density at radius 3 is 2.62 bits per heavy atom. The van der Waals surface area contributed by atoms with Gasteiger partial charge in [0.15, 0.2) is 0 Å². The van der Waals surface area contributed by atoms with E-state index in [0.717, 1.165) is 51.4 Å². The Morgan fingerprint density at radius 2 is 1.95 bits per heavy atom. The van der Waals surface area contributed by atoms with Gasteiger partial charge in [-0.05, 0) is 51.0 Å². The quantitative estimate of drug-likeness (QED) is 0.796. The van der Waals surface area contributed by atoms with Crippen molar-refractivity contribution < 1.29 is 9.53 Å². The maximum Gasteiger partial charge on any atom is 0.225 e. The molecule has 1 spiro atoms. The topological polar surface area (TPSA) is 32.8 Å². The minimum atomic E-state index is 0.252. The summed E-state index contributed by atoms with van der Waals surface area (Å²) >= 11 is 0. The summed E-state index contributed by atoms with van der Waals surface area (Å²) in [6.45, 7) is 7.18. The Balaban J connectivity index is 1.62. The second-order valence-corrected chi connectivity index (χ2v) is 7.44. The van der Waals surface area contributed by atoms with Crippen molar-refractivity contribution >= 4 is 5.91 Å². The predicted octanol–water partition coefficient (Wildman–Crippen LogP) is 2.14. The Kier molecular flexibility index (Phi) is 4.55. The van der Waals surface area contributed by atoms with E-state index in [0.29, 0.717) is 11.8 Å². The first kappa shape index (κ1) is 15.3. The molecule has 21 heavy (non-hydrogen) atoms. The van der Waals surface area contributed by atoms with Crippen molar-refractivity contribution in [3.05, 3.63) is 0 Å². The fourth-order valence-corrected chi connectivity index (χ4v) is 4.67. The van der Waals surface area contributed by atoms with E-state index in [-0.39, 0.29) is 5.54 Å². The van der Waals surface area contributed by atoms with Crippen LogP contribution in [0.25, 0.3) is 0 Å². The molecule has 0 bridgehead atoms. The maximum absolute atomic E-state index is 12.7. The Morgan fingerprint density at radius 1 is 1.24 bits per heavy atom. The molecule has 3 fully saturated rings. The summed E-state index contributed by atoms with van der Waals surface area (Å²) in [6, 6.07) is 0. The third-order valence-electron chi connectivity index (χ3n) is 5.90. The van der Waals surface area contributed by atoms with E-state index >= 15 is 0 Å². The smallest absolute Gasteiger partial charge is 0.225 e. The number of carbonyl (C=O) groups excluding carboxylic acids is 1. The summed E-state index contributed by atoms with van der Waals surface area (Å²) in [5, 5.41) is 0. The molecule has 2 aliphatic heterocycles. The molecule has 2 saturated heterocycles. The van der Waals surface area contributed by atoms with Crippen LogP contribution < -0.4 is 0 Å². The molecule has 0 radical (unpaired) electrons. The minimum Gasteiger partial charge on any atom is -0.383 e. The lowest BCUT2D eigenvalue weighted by molar-refractivity contribution is -0.143. The molecule has 3 aliphatic rings. The van der Waals surface area contributed by atoms with E-state index < -0.39 is 0 Å². The average Bonchev–Trinajstić information content (AvgIpc) is 2.83. The van der Waals surface area contributed by atoms with Gasteiger partial charge in [-0.25, -0.2) is 0 Å². The van der Waals surface area contributed by atoms with Crippen LogP contribution in [0.1, 0.15) is 45.4 Å². The number of methoxy groups -OCH3 is 1. The van der Waals surface area contributed by atoms with Crippen LogP contribution in [0.2, 0.25) is 0 Å². The second kappa shape index (κ2) is 6.25. The number of amides is 1. The average molecular weight is 294 g/mol. The van der Waals surface area contributed by atoms with Crippen LogP contribution >= 0.6 is 0 Å². The molecule has 1 amide bonds. The minimum absolute atomic E-state index is 0.252. The first-order valence-corrected chi connectivity index (χ1v) is 8.67. The monoisotopic (exact) mass is 294 g/mol. The molecule has 0 aromatic carbocycles. The summed E-state index contributed by atoms with van der Waals surface area (Å²) < 4.78 is 5.27. The summed E-state index contributed by atoms with van der Waals surface area (Å²) in [6.07, 6.45) is 7.15. The summed E-state index contributed by atoms with van der Waals surface area (Å²) in [7, 11) is 1.78. The number of ether oxygens (including phenoxy) is 1. The first-order valence-electron chi connectivity index (χ1n) is 8.67. The van der Waals surface area contributed by atoms with E-state index in [1.165, 1.54) is 25.8 Å². The van der Waals surface area contributed by atoms with Gasteiger partial charge in [-0.2, -0.15) is 0 Å². The van der Waals surface area contributed by atoms with Gasteiger partial charge in [-0.3, -0.25) is 9.69 Å². The molecule has 0 aromatic heterocycles. The van der Waals surface area contributed by atoms with Crippen molar-refractivity contribution in [1.82, 2.24) is 9.80 Å². The molecular weight excluding hydrogens is 264 g/mol. The molecule has 4 nitrogen and oxygen atoms in total. The molecule has 0 aromatic rings. The SMILES string of the molecule is COCCN1CCCC12CCCN(C(=O)C1CC(C)C1)C2. The molecule has 4 heteroatoms.